The second-order valence-corrected chi connectivity index (χ2v) is 16.7. The van der Waals surface area contributed by atoms with Crippen molar-refractivity contribution in [3.63, 3.8) is 0 Å². The first-order valence-corrected chi connectivity index (χ1v) is 17.9. The molecule has 46 heavy (non-hydrogen) atoms. The van der Waals surface area contributed by atoms with E-state index >= 15 is 0 Å². The fourth-order valence-corrected chi connectivity index (χ4v) is 6.70. The monoisotopic (exact) mass is 683 g/mol. The van der Waals surface area contributed by atoms with Gasteiger partial charge < -0.3 is 24.3 Å². The van der Waals surface area contributed by atoms with Crippen LogP contribution >= 0.6 is 18.5 Å². The van der Waals surface area contributed by atoms with Crippen LogP contribution < -0.4 is 20.4 Å². The number of hydrogen-bond acceptors (Lipinski definition) is 9. The van der Waals surface area contributed by atoms with Crippen molar-refractivity contribution < 1.29 is 36.4 Å². The summed E-state index contributed by atoms with van der Waals surface area (Å²) in [5, 5.41) is 3.59. The first kappa shape index (κ1) is 35.5. The molecule has 3 heterocycles. The lowest BCUT2D eigenvalue weighted by molar-refractivity contribution is -0.126. The molecule has 1 N–H and O–H groups in total. The van der Waals surface area contributed by atoms with E-state index < -0.39 is 43.6 Å². The predicted octanol–water partition coefficient (Wildman–Crippen LogP) is 6.30. The number of ether oxygens (including phenoxy) is 2. The largest absolute Gasteiger partial charge is 0.478 e. The van der Waals surface area contributed by atoms with E-state index in [-0.39, 0.29) is 40.7 Å². The van der Waals surface area contributed by atoms with Crippen LogP contribution in [-0.2, 0) is 15.7 Å². The van der Waals surface area contributed by atoms with Crippen molar-refractivity contribution >= 4 is 51.6 Å². The Labute approximate surface area is 270 Å². The van der Waals surface area contributed by atoms with Crippen molar-refractivity contribution in [3.05, 3.63) is 34.8 Å². The van der Waals surface area contributed by atoms with Gasteiger partial charge in [0.1, 0.15) is 24.3 Å². The number of piperidine rings is 1. The van der Waals surface area contributed by atoms with Gasteiger partial charge in [0.2, 0.25) is 5.82 Å². The van der Waals surface area contributed by atoms with Crippen molar-refractivity contribution in [3.8, 4) is 17.7 Å². The number of hydrogen-bond donors (Lipinski definition) is 1. The van der Waals surface area contributed by atoms with E-state index in [1.54, 1.807) is 39.0 Å². The Morgan fingerprint density at radius 2 is 1.98 bits per heavy atom. The van der Waals surface area contributed by atoms with Crippen LogP contribution in [0.3, 0.4) is 0 Å². The lowest BCUT2D eigenvalue weighted by Gasteiger charge is -2.33. The van der Waals surface area contributed by atoms with Crippen molar-refractivity contribution in [2.75, 3.05) is 57.3 Å². The van der Waals surface area contributed by atoms with Crippen molar-refractivity contribution in [2.24, 2.45) is 0 Å². The number of carbonyl (C=O) groups excluding carboxylic acids is 1. The Hall–Kier alpha value is -3.40. The molecule has 1 fully saturated rings. The van der Waals surface area contributed by atoms with Gasteiger partial charge in [0.05, 0.1) is 47.6 Å². The number of rotatable bonds is 7. The van der Waals surface area contributed by atoms with Crippen LogP contribution in [0.2, 0.25) is 0 Å². The smallest absolute Gasteiger partial charge is 0.417 e. The normalized spacial score (nSPS) is 17.7. The molecule has 1 aliphatic heterocycles. The van der Waals surface area contributed by atoms with Crippen LogP contribution in [0.5, 0.6) is 5.88 Å². The van der Waals surface area contributed by atoms with Gasteiger partial charge in [0.15, 0.2) is 0 Å². The molecule has 15 heteroatoms. The molecule has 1 amide bonds. The molecule has 1 saturated heterocycles. The topological polar surface area (TPSA) is 96.9 Å². The molecule has 0 radical (unpaired) electrons. The quantitative estimate of drug-likeness (QED) is 0.176. The fraction of sp³-hybridized carbons (Fsp3) is 0.516. The zero-order valence-corrected chi connectivity index (χ0v) is 28.5. The third-order valence-corrected chi connectivity index (χ3v) is 9.56. The van der Waals surface area contributed by atoms with Crippen molar-refractivity contribution in [1.29, 1.82) is 0 Å². The third-order valence-electron chi connectivity index (χ3n) is 7.04. The Morgan fingerprint density at radius 1 is 1.26 bits per heavy atom. The zero-order valence-electron chi connectivity index (χ0n) is 26.8. The van der Waals surface area contributed by atoms with Gasteiger partial charge in [-0.05, 0) is 64.6 Å². The van der Waals surface area contributed by atoms with E-state index in [0.29, 0.717) is 28.7 Å². The van der Waals surface area contributed by atoms with Gasteiger partial charge in [-0.1, -0.05) is 24.0 Å². The number of nitrogens with one attached hydrogen (secondary N) is 1. The maximum absolute atomic E-state index is 14.8. The number of aromatic nitrogens is 2. The van der Waals surface area contributed by atoms with Gasteiger partial charge in [0, 0.05) is 13.1 Å². The molecule has 9 nitrogen and oxygen atoms in total. The summed E-state index contributed by atoms with van der Waals surface area (Å²) < 4.78 is 80.2. The average molecular weight is 684 g/mol. The number of anilines is 2. The molecule has 0 unspecified atom stereocenters. The van der Waals surface area contributed by atoms with Crippen LogP contribution in [-0.4, -0.2) is 92.1 Å². The first-order chi connectivity index (χ1) is 21.4. The number of fused-ring (bicyclic) bond motifs is 1. The second-order valence-electron chi connectivity index (χ2n) is 12.5. The maximum atomic E-state index is 14.8. The predicted molar refractivity (Wildman–Crippen MR) is 174 cm³/mol. The molecule has 4 rings (SSSR count). The van der Waals surface area contributed by atoms with E-state index in [2.05, 4.69) is 27.1 Å². The van der Waals surface area contributed by atoms with E-state index in [0.717, 1.165) is 16.2 Å². The SMILES string of the molecule is COc1nc(P(C)(C)=O)cnc1N(CC#Cc1sc2c(N[C@@H]3CCN(C)C[C@@H]3F)cccc2c1CC(F)(F)F)C(=O)OC(C)(C)C. The molecule has 250 valence electrons. The Balaban J connectivity index is 1.75. The molecule has 1 aliphatic rings. The molecular weight excluding hydrogens is 645 g/mol. The van der Waals surface area contributed by atoms with Crippen LogP contribution in [0.1, 0.15) is 37.6 Å². The van der Waals surface area contributed by atoms with Gasteiger partial charge in [-0.25, -0.2) is 24.1 Å². The van der Waals surface area contributed by atoms with Crippen molar-refractivity contribution in [2.45, 2.75) is 57.6 Å². The first-order valence-electron chi connectivity index (χ1n) is 14.5. The molecule has 0 spiro atoms. The minimum Gasteiger partial charge on any atom is -0.478 e. The molecule has 0 aliphatic carbocycles. The number of amides is 1. The fourth-order valence-electron chi connectivity index (χ4n) is 4.86. The number of thiophene rings is 1. The van der Waals surface area contributed by atoms with Gasteiger partial charge in [-0.2, -0.15) is 13.2 Å². The highest BCUT2D eigenvalue weighted by Gasteiger charge is 2.33. The van der Waals surface area contributed by atoms with Crippen LogP contribution in [0.25, 0.3) is 10.1 Å². The average Bonchev–Trinajstić information content (AvgIpc) is 3.27. The Bertz CT molecular complexity index is 1690. The molecule has 2 aromatic heterocycles. The minimum absolute atomic E-state index is 0.00369. The number of nitrogens with zero attached hydrogens (tertiary/aromatic N) is 4. The van der Waals surface area contributed by atoms with E-state index in [1.807, 2.05) is 11.9 Å². The Kier molecular flexibility index (Phi) is 10.6. The zero-order chi connectivity index (χ0) is 34.0. The van der Waals surface area contributed by atoms with E-state index in [1.165, 1.54) is 26.6 Å². The number of likely N-dealkylation sites (tertiary alicyclic amines) is 1. The summed E-state index contributed by atoms with van der Waals surface area (Å²) in [7, 11) is 0.334. The standard InChI is InChI=1S/C31H38F4N5O4PS/c1-30(2,3)44-29(41)40(27-28(43-5)38-25(17-36-27)45(6,7)42)14-9-12-24-20(16-31(33,34)35)19-10-8-11-23(26(19)46-24)37-22-13-15-39(4)18-21(22)32/h8,10-11,17,21-22,37H,13-16,18H2,1-7H3/t21-,22+/m0/s1. The number of benzene rings is 1. The Morgan fingerprint density at radius 3 is 2.59 bits per heavy atom. The maximum Gasteiger partial charge on any atom is 0.417 e. The van der Waals surface area contributed by atoms with E-state index in [9.17, 15) is 26.9 Å². The number of carbonyl (C=O) groups is 1. The van der Waals surface area contributed by atoms with Crippen LogP contribution in [0.15, 0.2) is 24.4 Å². The van der Waals surface area contributed by atoms with Crippen LogP contribution in [0, 0.1) is 11.8 Å². The minimum atomic E-state index is -4.52. The van der Waals surface area contributed by atoms with Gasteiger partial charge in [-0.3, -0.25) is 0 Å². The highest BCUT2D eigenvalue weighted by atomic mass is 32.1. The van der Waals surface area contributed by atoms with Crippen molar-refractivity contribution in [1.82, 2.24) is 14.9 Å². The summed E-state index contributed by atoms with van der Waals surface area (Å²) in [6.07, 6.45) is -5.89. The number of halogens is 4. The molecular formula is C31H38F4N5O4PS. The summed E-state index contributed by atoms with van der Waals surface area (Å²) in [4.78, 5) is 25.0. The van der Waals surface area contributed by atoms with Gasteiger partial charge >= 0.3 is 12.3 Å². The highest BCUT2D eigenvalue weighted by Crippen LogP contribution is 2.40. The summed E-state index contributed by atoms with van der Waals surface area (Å²) in [6.45, 7) is 8.67. The molecule has 0 bridgehead atoms. The van der Waals surface area contributed by atoms with Crippen LogP contribution in [0.4, 0.5) is 33.9 Å². The third kappa shape index (κ3) is 8.90. The van der Waals surface area contributed by atoms with E-state index in [4.69, 9.17) is 9.47 Å². The lowest BCUT2D eigenvalue weighted by atomic mass is 10.0. The molecule has 2 atom stereocenters. The second kappa shape index (κ2) is 13.8. The summed E-state index contributed by atoms with van der Waals surface area (Å²) >= 11 is 1.07. The summed E-state index contributed by atoms with van der Waals surface area (Å²) in [6, 6.07) is 4.48. The number of methoxy groups -OCH3 is 1. The molecule has 1 aromatic carbocycles. The molecule has 0 saturated carbocycles. The summed E-state index contributed by atoms with van der Waals surface area (Å²) in [5.74, 6) is 5.51. The summed E-state index contributed by atoms with van der Waals surface area (Å²) in [5.41, 5.74) is -0.173. The lowest BCUT2D eigenvalue weighted by Crippen LogP contribution is -2.46. The number of alkyl halides is 4. The van der Waals surface area contributed by atoms with Gasteiger partial charge in [-0.15, -0.1) is 11.3 Å². The molecule has 3 aromatic rings. The highest BCUT2D eigenvalue weighted by molar-refractivity contribution is 7.69. The van der Waals surface area contributed by atoms with Gasteiger partial charge in [0.25, 0.3) is 5.88 Å².